The molecule has 4 rings (SSSR count). The second kappa shape index (κ2) is 8.09. The molecule has 1 amide bonds. The van der Waals surface area contributed by atoms with Gasteiger partial charge in [-0.05, 0) is 24.1 Å². The summed E-state index contributed by atoms with van der Waals surface area (Å²) in [6, 6.07) is 13.7. The Bertz CT molecular complexity index is 887. The van der Waals surface area contributed by atoms with Gasteiger partial charge in [0, 0.05) is 25.3 Å². The topological polar surface area (TPSA) is 95.9 Å². The molecule has 0 spiro atoms. The van der Waals surface area contributed by atoms with Crippen LogP contribution in [0, 0.1) is 0 Å². The molecule has 1 unspecified atom stereocenters. The fourth-order valence-corrected chi connectivity index (χ4v) is 3.74. The first-order valence-electron chi connectivity index (χ1n) is 8.73. The molecular formula is C18H19N7OS. The van der Waals surface area contributed by atoms with E-state index in [0.29, 0.717) is 16.7 Å². The Morgan fingerprint density at radius 1 is 1.11 bits per heavy atom. The van der Waals surface area contributed by atoms with Crippen molar-refractivity contribution in [3.05, 3.63) is 54.2 Å². The van der Waals surface area contributed by atoms with Crippen LogP contribution in [0.25, 0.3) is 0 Å². The SMILES string of the molecule is O=C(Cc1ccccc1)Nc1nnc(NC2CCN(c3cccnn3)C2)s1. The summed E-state index contributed by atoms with van der Waals surface area (Å²) in [7, 11) is 0. The summed E-state index contributed by atoms with van der Waals surface area (Å²) in [6.07, 6.45) is 2.97. The molecule has 0 radical (unpaired) electrons. The van der Waals surface area contributed by atoms with Crippen molar-refractivity contribution in [1.29, 1.82) is 0 Å². The smallest absolute Gasteiger partial charge is 0.230 e. The molecule has 1 aliphatic heterocycles. The van der Waals surface area contributed by atoms with Crippen LogP contribution >= 0.6 is 11.3 Å². The summed E-state index contributed by atoms with van der Waals surface area (Å²) in [5, 5.41) is 23.7. The molecule has 9 heteroatoms. The van der Waals surface area contributed by atoms with Crippen molar-refractivity contribution in [2.45, 2.75) is 18.9 Å². The molecule has 1 aromatic carbocycles. The van der Waals surface area contributed by atoms with Gasteiger partial charge in [-0.25, -0.2) is 0 Å². The van der Waals surface area contributed by atoms with Crippen LogP contribution in [0.4, 0.5) is 16.1 Å². The number of rotatable bonds is 6. The third-order valence-electron chi connectivity index (χ3n) is 4.28. The van der Waals surface area contributed by atoms with Crippen molar-refractivity contribution in [1.82, 2.24) is 20.4 Å². The number of amides is 1. The van der Waals surface area contributed by atoms with Crippen LogP contribution in [-0.4, -0.2) is 45.4 Å². The Morgan fingerprint density at radius 2 is 1.96 bits per heavy atom. The van der Waals surface area contributed by atoms with E-state index in [1.807, 2.05) is 42.5 Å². The van der Waals surface area contributed by atoms with Crippen molar-refractivity contribution >= 4 is 33.3 Å². The van der Waals surface area contributed by atoms with E-state index in [4.69, 9.17) is 0 Å². The highest BCUT2D eigenvalue weighted by Crippen LogP contribution is 2.24. The zero-order chi connectivity index (χ0) is 18.5. The van der Waals surface area contributed by atoms with Crippen molar-refractivity contribution in [2.75, 3.05) is 28.6 Å². The number of carbonyl (C=O) groups excluding carboxylic acids is 1. The molecule has 0 bridgehead atoms. The number of nitrogens with zero attached hydrogens (tertiary/aromatic N) is 5. The van der Waals surface area contributed by atoms with Gasteiger partial charge in [-0.15, -0.1) is 15.3 Å². The Labute approximate surface area is 160 Å². The number of hydrogen-bond donors (Lipinski definition) is 2. The number of hydrogen-bond acceptors (Lipinski definition) is 8. The van der Waals surface area contributed by atoms with Gasteiger partial charge in [-0.1, -0.05) is 41.7 Å². The molecular weight excluding hydrogens is 362 g/mol. The van der Waals surface area contributed by atoms with Gasteiger partial charge in [0.15, 0.2) is 5.82 Å². The highest BCUT2D eigenvalue weighted by atomic mass is 32.1. The summed E-state index contributed by atoms with van der Waals surface area (Å²) in [5.74, 6) is 0.784. The number of anilines is 3. The summed E-state index contributed by atoms with van der Waals surface area (Å²) < 4.78 is 0. The largest absolute Gasteiger partial charge is 0.355 e. The van der Waals surface area contributed by atoms with Crippen LogP contribution in [0.2, 0.25) is 0 Å². The predicted octanol–water partition coefficient (Wildman–Crippen LogP) is 2.20. The first-order valence-corrected chi connectivity index (χ1v) is 9.54. The normalized spacial score (nSPS) is 16.3. The summed E-state index contributed by atoms with van der Waals surface area (Å²) in [6.45, 7) is 1.74. The number of carbonyl (C=O) groups is 1. The van der Waals surface area contributed by atoms with Gasteiger partial charge in [-0.3, -0.25) is 4.79 Å². The lowest BCUT2D eigenvalue weighted by Gasteiger charge is -2.16. The molecule has 3 heterocycles. The van der Waals surface area contributed by atoms with E-state index >= 15 is 0 Å². The molecule has 27 heavy (non-hydrogen) atoms. The fourth-order valence-electron chi connectivity index (χ4n) is 3.00. The monoisotopic (exact) mass is 381 g/mol. The first kappa shape index (κ1) is 17.3. The van der Waals surface area contributed by atoms with Crippen LogP contribution in [0.15, 0.2) is 48.7 Å². The maximum Gasteiger partial charge on any atom is 0.230 e. The lowest BCUT2D eigenvalue weighted by Crippen LogP contribution is -2.26. The van der Waals surface area contributed by atoms with Gasteiger partial charge in [0.05, 0.1) is 6.42 Å². The Hall–Kier alpha value is -3.07. The minimum absolute atomic E-state index is 0.0985. The number of aromatic nitrogens is 4. The van der Waals surface area contributed by atoms with Crippen LogP contribution in [0.3, 0.4) is 0 Å². The van der Waals surface area contributed by atoms with Crippen LogP contribution < -0.4 is 15.5 Å². The Balaban J connectivity index is 1.29. The molecule has 138 valence electrons. The van der Waals surface area contributed by atoms with Gasteiger partial charge >= 0.3 is 0 Å². The van der Waals surface area contributed by atoms with Gasteiger partial charge in [0.1, 0.15) is 0 Å². The Morgan fingerprint density at radius 3 is 2.78 bits per heavy atom. The molecule has 0 saturated carbocycles. The minimum atomic E-state index is -0.0985. The Kier molecular flexibility index (Phi) is 5.20. The average Bonchev–Trinajstić information content (AvgIpc) is 3.33. The molecule has 8 nitrogen and oxygen atoms in total. The van der Waals surface area contributed by atoms with Gasteiger partial charge in [-0.2, -0.15) is 5.10 Å². The minimum Gasteiger partial charge on any atom is -0.355 e. The van der Waals surface area contributed by atoms with E-state index in [9.17, 15) is 4.79 Å². The molecule has 2 N–H and O–H groups in total. The van der Waals surface area contributed by atoms with Crippen molar-refractivity contribution < 1.29 is 4.79 Å². The van der Waals surface area contributed by atoms with E-state index in [2.05, 4.69) is 35.9 Å². The third-order valence-corrected chi connectivity index (χ3v) is 5.05. The van der Waals surface area contributed by atoms with Crippen LogP contribution in [0.1, 0.15) is 12.0 Å². The quantitative estimate of drug-likeness (QED) is 0.676. The summed E-state index contributed by atoms with van der Waals surface area (Å²) in [5.41, 5.74) is 0.966. The van der Waals surface area contributed by atoms with Gasteiger partial charge in [0.25, 0.3) is 0 Å². The average molecular weight is 381 g/mol. The second-order valence-corrected chi connectivity index (χ2v) is 7.26. The predicted molar refractivity (Wildman–Crippen MR) is 105 cm³/mol. The molecule has 3 aromatic rings. The lowest BCUT2D eigenvalue weighted by atomic mass is 10.1. The van der Waals surface area contributed by atoms with Crippen LogP contribution in [0.5, 0.6) is 0 Å². The van der Waals surface area contributed by atoms with E-state index < -0.39 is 0 Å². The standard InChI is InChI=1S/C18H19N7OS/c26-16(11-13-5-2-1-3-6-13)21-18-24-23-17(27-18)20-14-8-10-25(12-14)15-7-4-9-19-22-15/h1-7,9,14H,8,10-12H2,(H,20,23)(H,21,24,26). The molecule has 1 saturated heterocycles. The molecule has 0 aliphatic carbocycles. The van der Waals surface area contributed by atoms with Gasteiger partial charge in [0.2, 0.25) is 16.2 Å². The highest BCUT2D eigenvalue weighted by Gasteiger charge is 2.24. The summed E-state index contributed by atoms with van der Waals surface area (Å²) >= 11 is 1.34. The molecule has 1 fully saturated rings. The van der Waals surface area contributed by atoms with Crippen molar-refractivity contribution in [3.63, 3.8) is 0 Å². The van der Waals surface area contributed by atoms with E-state index in [1.165, 1.54) is 11.3 Å². The number of benzene rings is 1. The first-order chi connectivity index (χ1) is 13.3. The maximum absolute atomic E-state index is 12.1. The van der Waals surface area contributed by atoms with Crippen LogP contribution in [-0.2, 0) is 11.2 Å². The lowest BCUT2D eigenvalue weighted by molar-refractivity contribution is -0.115. The zero-order valence-electron chi connectivity index (χ0n) is 14.6. The van der Waals surface area contributed by atoms with Crippen molar-refractivity contribution in [2.24, 2.45) is 0 Å². The zero-order valence-corrected chi connectivity index (χ0v) is 15.4. The highest BCUT2D eigenvalue weighted by molar-refractivity contribution is 7.19. The number of nitrogens with one attached hydrogen (secondary N) is 2. The maximum atomic E-state index is 12.1. The second-order valence-electron chi connectivity index (χ2n) is 6.28. The fraction of sp³-hybridized carbons (Fsp3) is 0.278. The van der Waals surface area contributed by atoms with E-state index in [0.717, 1.165) is 30.9 Å². The van der Waals surface area contributed by atoms with E-state index in [1.54, 1.807) is 6.20 Å². The van der Waals surface area contributed by atoms with Crippen molar-refractivity contribution in [3.8, 4) is 0 Å². The molecule has 1 atom stereocenters. The molecule has 1 aliphatic rings. The van der Waals surface area contributed by atoms with Gasteiger partial charge < -0.3 is 15.5 Å². The molecule has 2 aromatic heterocycles. The third kappa shape index (κ3) is 4.56. The summed E-state index contributed by atoms with van der Waals surface area (Å²) in [4.78, 5) is 14.3. The van der Waals surface area contributed by atoms with E-state index in [-0.39, 0.29) is 11.9 Å².